The third-order valence-electron chi connectivity index (χ3n) is 4.16. The van der Waals surface area contributed by atoms with E-state index in [4.69, 9.17) is 0 Å². The van der Waals surface area contributed by atoms with Crippen molar-refractivity contribution in [1.82, 2.24) is 10.6 Å². The highest BCUT2D eigenvalue weighted by molar-refractivity contribution is 14.0. The molecule has 2 N–H and O–H groups in total. The quantitative estimate of drug-likeness (QED) is 0.465. The largest absolute Gasteiger partial charge is 0.356 e. The van der Waals surface area contributed by atoms with E-state index >= 15 is 0 Å². The highest BCUT2D eigenvalue weighted by Crippen LogP contribution is 2.46. The molecular formula is C16H24IN3. The molecule has 0 aliphatic heterocycles. The maximum atomic E-state index is 4.28. The minimum atomic E-state index is 0. The number of halogens is 1. The fourth-order valence-electron chi connectivity index (χ4n) is 2.59. The fourth-order valence-corrected chi connectivity index (χ4v) is 2.59. The Morgan fingerprint density at radius 1 is 1.15 bits per heavy atom. The molecule has 0 saturated heterocycles. The van der Waals surface area contributed by atoms with E-state index in [0.29, 0.717) is 0 Å². The number of guanidine groups is 1. The zero-order valence-electron chi connectivity index (χ0n) is 12.0. The molecule has 2 saturated carbocycles. The summed E-state index contributed by atoms with van der Waals surface area (Å²) < 4.78 is 0. The molecule has 3 nitrogen and oxygen atoms in total. The van der Waals surface area contributed by atoms with Gasteiger partial charge in [-0.3, -0.25) is 4.99 Å². The molecule has 0 radical (unpaired) electrons. The van der Waals surface area contributed by atoms with Crippen LogP contribution in [0.4, 0.5) is 0 Å². The van der Waals surface area contributed by atoms with Crippen LogP contribution in [0.2, 0.25) is 0 Å². The third-order valence-corrected chi connectivity index (χ3v) is 4.16. The summed E-state index contributed by atoms with van der Waals surface area (Å²) in [6.45, 7) is 2.11. The number of aliphatic imine (C=N–C) groups is 1. The third kappa shape index (κ3) is 4.36. The molecule has 20 heavy (non-hydrogen) atoms. The van der Waals surface area contributed by atoms with Gasteiger partial charge in [-0.2, -0.15) is 0 Å². The van der Waals surface area contributed by atoms with Gasteiger partial charge in [0.25, 0.3) is 0 Å². The minimum absolute atomic E-state index is 0. The van der Waals surface area contributed by atoms with Crippen molar-refractivity contribution in [3.8, 4) is 0 Å². The molecule has 1 aromatic rings. The van der Waals surface area contributed by atoms with Gasteiger partial charge in [-0.1, -0.05) is 30.3 Å². The Hall–Kier alpha value is -0.780. The average Bonchev–Trinajstić information content (AvgIpc) is 3.35. The molecule has 0 bridgehead atoms. The first kappa shape index (κ1) is 15.6. The zero-order chi connectivity index (χ0) is 13.1. The molecule has 2 aliphatic rings. The Morgan fingerprint density at radius 3 is 2.50 bits per heavy atom. The van der Waals surface area contributed by atoms with Crippen LogP contribution < -0.4 is 10.6 Å². The van der Waals surface area contributed by atoms with Crippen LogP contribution in [0.1, 0.15) is 30.7 Å². The molecule has 2 atom stereocenters. The highest BCUT2D eigenvalue weighted by atomic mass is 127. The Morgan fingerprint density at radius 2 is 1.85 bits per heavy atom. The normalized spacial score (nSPS) is 24.8. The van der Waals surface area contributed by atoms with E-state index in [1.54, 1.807) is 0 Å². The van der Waals surface area contributed by atoms with Gasteiger partial charge in [-0.25, -0.2) is 0 Å². The van der Waals surface area contributed by atoms with E-state index in [2.05, 4.69) is 46.0 Å². The van der Waals surface area contributed by atoms with Crippen molar-refractivity contribution in [2.45, 2.75) is 25.2 Å². The number of hydrogen-bond donors (Lipinski definition) is 2. The zero-order valence-corrected chi connectivity index (χ0v) is 14.3. The Balaban J connectivity index is 0.00000147. The lowest BCUT2D eigenvalue weighted by atomic mass is 10.1. The summed E-state index contributed by atoms with van der Waals surface area (Å²) in [5, 5.41) is 6.86. The van der Waals surface area contributed by atoms with Crippen LogP contribution in [0.3, 0.4) is 0 Å². The lowest BCUT2D eigenvalue weighted by molar-refractivity contribution is 0.699. The van der Waals surface area contributed by atoms with Crippen molar-refractivity contribution in [1.29, 1.82) is 0 Å². The van der Waals surface area contributed by atoms with Crippen LogP contribution in [0.5, 0.6) is 0 Å². The van der Waals surface area contributed by atoms with Crippen molar-refractivity contribution in [3.63, 3.8) is 0 Å². The maximum Gasteiger partial charge on any atom is 0.190 e. The molecule has 0 amide bonds. The van der Waals surface area contributed by atoms with Gasteiger partial charge in [-0.05, 0) is 42.6 Å². The monoisotopic (exact) mass is 385 g/mol. The van der Waals surface area contributed by atoms with Gasteiger partial charge in [0.2, 0.25) is 0 Å². The Kier molecular flexibility index (Phi) is 5.69. The minimum Gasteiger partial charge on any atom is -0.356 e. The van der Waals surface area contributed by atoms with E-state index < -0.39 is 0 Å². The highest BCUT2D eigenvalue weighted by Gasteiger charge is 2.37. The van der Waals surface area contributed by atoms with Gasteiger partial charge in [0, 0.05) is 20.1 Å². The number of benzene rings is 1. The van der Waals surface area contributed by atoms with Gasteiger partial charge < -0.3 is 10.6 Å². The van der Waals surface area contributed by atoms with Crippen LogP contribution in [0, 0.1) is 11.8 Å². The van der Waals surface area contributed by atoms with Crippen LogP contribution in [-0.2, 0) is 0 Å². The molecular weight excluding hydrogens is 361 g/mol. The van der Waals surface area contributed by atoms with Gasteiger partial charge in [0.05, 0.1) is 0 Å². The molecule has 0 aromatic heterocycles. The van der Waals surface area contributed by atoms with Crippen molar-refractivity contribution < 1.29 is 0 Å². The number of rotatable bonds is 5. The van der Waals surface area contributed by atoms with E-state index in [-0.39, 0.29) is 24.0 Å². The summed E-state index contributed by atoms with van der Waals surface area (Å²) in [5.41, 5.74) is 1.48. The summed E-state index contributed by atoms with van der Waals surface area (Å²) in [6, 6.07) is 10.8. The van der Waals surface area contributed by atoms with Crippen molar-refractivity contribution in [3.05, 3.63) is 35.9 Å². The van der Waals surface area contributed by atoms with Gasteiger partial charge in [-0.15, -0.1) is 24.0 Å². The summed E-state index contributed by atoms with van der Waals surface area (Å²) >= 11 is 0. The molecule has 110 valence electrons. The molecule has 2 fully saturated rings. The standard InChI is InChI=1S/C16H23N3.HI/c1-17-16(18-10-12-7-8-12)19-11-14-9-15(14)13-5-3-2-4-6-13;/h2-6,12,14-15H,7-11H2,1H3,(H2,17,18,19);1H. The van der Waals surface area contributed by atoms with Crippen molar-refractivity contribution >= 4 is 29.9 Å². The second kappa shape index (κ2) is 7.29. The first-order valence-corrected chi connectivity index (χ1v) is 7.36. The predicted molar refractivity (Wildman–Crippen MR) is 94.8 cm³/mol. The molecule has 2 unspecified atom stereocenters. The first-order valence-electron chi connectivity index (χ1n) is 7.36. The van der Waals surface area contributed by atoms with Crippen LogP contribution >= 0.6 is 24.0 Å². The van der Waals surface area contributed by atoms with Crippen molar-refractivity contribution in [2.75, 3.05) is 20.1 Å². The smallest absolute Gasteiger partial charge is 0.190 e. The molecule has 3 rings (SSSR count). The molecule has 2 aliphatic carbocycles. The Bertz CT molecular complexity index is 442. The lowest BCUT2D eigenvalue weighted by Crippen LogP contribution is -2.39. The second-order valence-electron chi connectivity index (χ2n) is 5.79. The van der Waals surface area contributed by atoms with E-state index in [1.807, 2.05) is 7.05 Å². The average molecular weight is 385 g/mol. The van der Waals surface area contributed by atoms with Crippen LogP contribution in [-0.4, -0.2) is 26.1 Å². The number of nitrogens with zero attached hydrogens (tertiary/aromatic N) is 1. The van der Waals surface area contributed by atoms with Gasteiger partial charge in [0.15, 0.2) is 5.96 Å². The SMILES string of the molecule is CN=C(NCC1CC1)NCC1CC1c1ccccc1.I. The van der Waals surface area contributed by atoms with Gasteiger partial charge >= 0.3 is 0 Å². The fraction of sp³-hybridized carbons (Fsp3) is 0.562. The lowest BCUT2D eigenvalue weighted by Gasteiger charge is -2.11. The summed E-state index contributed by atoms with van der Waals surface area (Å²) in [5.74, 6) is 3.36. The number of nitrogens with one attached hydrogen (secondary N) is 2. The Labute approximate surface area is 138 Å². The van der Waals surface area contributed by atoms with E-state index in [0.717, 1.165) is 36.8 Å². The van der Waals surface area contributed by atoms with Crippen LogP contribution in [0.15, 0.2) is 35.3 Å². The van der Waals surface area contributed by atoms with Crippen LogP contribution in [0.25, 0.3) is 0 Å². The molecule has 0 spiro atoms. The van der Waals surface area contributed by atoms with Crippen molar-refractivity contribution in [2.24, 2.45) is 16.8 Å². The summed E-state index contributed by atoms with van der Waals surface area (Å²) in [7, 11) is 1.85. The van der Waals surface area contributed by atoms with E-state index in [9.17, 15) is 0 Å². The summed E-state index contributed by atoms with van der Waals surface area (Å²) in [4.78, 5) is 4.28. The van der Waals surface area contributed by atoms with Gasteiger partial charge in [0.1, 0.15) is 0 Å². The maximum absolute atomic E-state index is 4.28. The summed E-state index contributed by atoms with van der Waals surface area (Å²) in [6.07, 6.45) is 4.06. The second-order valence-corrected chi connectivity index (χ2v) is 5.79. The topological polar surface area (TPSA) is 36.4 Å². The molecule has 4 heteroatoms. The first-order chi connectivity index (χ1) is 9.36. The molecule has 1 aromatic carbocycles. The predicted octanol–water partition coefficient (Wildman–Crippen LogP) is 2.98. The number of hydrogen-bond acceptors (Lipinski definition) is 1. The molecule has 0 heterocycles. The van der Waals surface area contributed by atoms with E-state index in [1.165, 1.54) is 24.8 Å².